The number of terminal acetylenes is 1. The largest absolute Gasteiger partial charge is 0.494 e. The van der Waals surface area contributed by atoms with E-state index in [1.807, 2.05) is 6.07 Å². The molecule has 2 heteroatoms. The Morgan fingerprint density at radius 1 is 0.333 bits per heavy atom. The third-order valence-corrected chi connectivity index (χ3v) is 19.0. The lowest BCUT2D eigenvalue weighted by Gasteiger charge is -2.20. The highest BCUT2D eigenvalue weighted by Crippen LogP contribution is 2.47. The molecule has 474 valence electrons. The maximum atomic E-state index is 6.55. The van der Waals surface area contributed by atoms with E-state index in [0.717, 1.165) is 79.9 Å². The Bertz CT molecular complexity index is 5100. The lowest BCUT2D eigenvalue weighted by molar-refractivity contribution is 0.305. The van der Waals surface area contributed by atoms with Crippen molar-refractivity contribution in [2.75, 3.05) is 6.61 Å². The summed E-state index contributed by atoms with van der Waals surface area (Å²) in [5.74, 6) is 17.0. The third kappa shape index (κ3) is 15.8. The molecule has 12 aromatic carbocycles. The van der Waals surface area contributed by atoms with Gasteiger partial charge in [0.15, 0.2) is 0 Å². The van der Waals surface area contributed by atoms with Crippen molar-refractivity contribution in [2.45, 2.75) is 137 Å². The summed E-state index contributed by atoms with van der Waals surface area (Å²) in [5.41, 5.74) is 17.0. The fourth-order valence-corrected chi connectivity index (χ4v) is 13.8. The Hall–Kier alpha value is -10.5. The van der Waals surface area contributed by atoms with Crippen LogP contribution in [0.2, 0.25) is 0 Å². The van der Waals surface area contributed by atoms with Crippen LogP contribution in [0.5, 0.6) is 11.5 Å². The van der Waals surface area contributed by atoms with Crippen LogP contribution in [0.15, 0.2) is 194 Å². The molecule has 0 aliphatic carbocycles. The van der Waals surface area contributed by atoms with Gasteiger partial charge in [-0.15, -0.1) is 6.42 Å². The summed E-state index contributed by atoms with van der Waals surface area (Å²) in [4.78, 5) is 0. The van der Waals surface area contributed by atoms with E-state index >= 15 is 0 Å². The molecule has 2 nitrogen and oxygen atoms in total. The Morgan fingerprint density at radius 2 is 0.792 bits per heavy atom. The van der Waals surface area contributed by atoms with Crippen molar-refractivity contribution in [3.05, 3.63) is 239 Å². The SMILES string of the molecule is C#CC#CC#CC#COc1ccc2c(/C=C/c3ccc(C)cc3)c3cc(OCCCCCCCC)ccc3c(/C=C/c3ccc(-c4ccc5c(-c6ccc7cc(CCCCCC)ccc7c6)c6cc(C)ccc6c(-c6ccc7cc(CCCCCC)ccc7c6)c5c4)cc3)c2c1. The fourth-order valence-electron chi connectivity index (χ4n) is 13.8. The summed E-state index contributed by atoms with van der Waals surface area (Å²) >= 11 is 0. The lowest BCUT2D eigenvalue weighted by Crippen LogP contribution is -1.98. The van der Waals surface area contributed by atoms with Gasteiger partial charge in [-0.25, -0.2) is 0 Å². The van der Waals surface area contributed by atoms with Crippen LogP contribution in [0.1, 0.15) is 155 Å². The summed E-state index contributed by atoms with van der Waals surface area (Å²) < 4.78 is 12.6. The second kappa shape index (κ2) is 32.1. The number of fused-ring (bicyclic) bond motifs is 6. The molecule has 0 bridgehead atoms. The topological polar surface area (TPSA) is 18.5 Å². The second-order valence-corrected chi connectivity index (χ2v) is 26.0. The normalized spacial score (nSPS) is 11.3. The molecule has 0 saturated heterocycles. The maximum Gasteiger partial charge on any atom is 0.140 e. The molecule has 0 amide bonds. The molecule has 0 aromatic heterocycles. The Balaban J connectivity index is 0.953. The van der Waals surface area contributed by atoms with Gasteiger partial charge in [0.1, 0.15) is 17.6 Å². The number of hydrogen-bond donors (Lipinski definition) is 0. The zero-order valence-corrected chi connectivity index (χ0v) is 56.7. The monoisotopic (exact) mass is 1250 g/mol. The van der Waals surface area contributed by atoms with E-state index in [0.29, 0.717) is 12.4 Å². The van der Waals surface area contributed by atoms with Crippen LogP contribution in [0.3, 0.4) is 0 Å². The van der Waals surface area contributed by atoms with Crippen LogP contribution in [0.4, 0.5) is 0 Å². The van der Waals surface area contributed by atoms with Gasteiger partial charge in [0, 0.05) is 17.8 Å². The van der Waals surface area contributed by atoms with Gasteiger partial charge in [0.25, 0.3) is 0 Å². The predicted molar refractivity (Wildman–Crippen MR) is 415 cm³/mol. The van der Waals surface area contributed by atoms with Crippen molar-refractivity contribution in [3.8, 4) is 92.9 Å². The molecule has 0 N–H and O–H groups in total. The first-order valence-corrected chi connectivity index (χ1v) is 35.1. The van der Waals surface area contributed by atoms with Crippen molar-refractivity contribution in [1.82, 2.24) is 0 Å². The molecule has 0 aliphatic heterocycles. The van der Waals surface area contributed by atoms with Crippen molar-refractivity contribution >= 4 is 88.9 Å². The minimum absolute atomic E-state index is 0.604. The standard InChI is InChI=1S/C94H86O2/c1-7-11-15-19-21-25-57-95-81-50-56-86-84(90-66-82(96-58-26-22-20-16-12-8-2)49-55-85(90)83(89(86)65-81)52-38-69-32-29-67(5)30-33-69)53-39-70-34-40-73(41-35-70)78-48-54-88-92(64-78)94(80-47-45-75-61-72(28-24-18-14-10-4)37-43-77(75)63-80)87-51-31-68(6)59-91(87)93(88)79-46-44-74-60-71(27-23-17-13-9-3)36-42-76(74)62-79/h2,29-56,59-66H,7,9-11,13-15,17-19,21,23-25,27-28,57H2,1,3-6H3/b52-38+,53-39+. The second-order valence-electron chi connectivity index (χ2n) is 26.0. The zero-order valence-electron chi connectivity index (χ0n) is 56.7. The third-order valence-electron chi connectivity index (χ3n) is 19.0. The molecule has 0 aliphatic rings. The van der Waals surface area contributed by atoms with Crippen LogP contribution in [-0.2, 0) is 12.8 Å². The van der Waals surface area contributed by atoms with Crippen LogP contribution in [0, 0.1) is 61.9 Å². The molecule has 0 atom stereocenters. The molecule has 0 unspecified atom stereocenters. The first-order chi connectivity index (χ1) is 47.2. The van der Waals surface area contributed by atoms with Crippen molar-refractivity contribution in [1.29, 1.82) is 0 Å². The maximum absolute atomic E-state index is 6.55. The van der Waals surface area contributed by atoms with Crippen molar-refractivity contribution < 1.29 is 9.47 Å². The van der Waals surface area contributed by atoms with Crippen LogP contribution in [0.25, 0.3) is 122 Å². The highest BCUT2D eigenvalue weighted by molar-refractivity contribution is 6.23. The number of ether oxygens (including phenoxy) is 2. The quantitative estimate of drug-likeness (QED) is 0.0233. The molecule has 96 heavy (non-hydrogen) atoms. The number of rotatable bonds is 26. The summed E-state index contributed by atoms with van der Waals surface area (Å²) in [7, 11) is 0. The van der Waals surface area contributed by atoms with E-state index in [1.165, 1.54) is 171 Å². The predicted octanol–water partition coefficient (Wildman–Crippen LogP) is 25.5. The zero-order chi connectivity index (χ0) is 66.0. The van der Waals surface area contributed by atoms with Gasteiger partial charge in [-0.2, -0.15) is 0 Å². The molecule has 0 heterocycles. The van der Waals surface area contributed by atoms with E-state index in [1.54, 1.807) is 0 Å². The molecule has 12 rings (SSSR count). The lowest BCUT2D eigenvalue weighted by atomic mass is 9.83. The summed E-state index contributed by atoms with van der Waals surface area (Å²) in [6, 6.07) is 73.2. The molecule has 0 spiro atoms. The first-order valence-electron chi connectivity index (χ1n) is 35.1. The summed E-state index contributed by atoms with van der Waals surface area (Å²) in [6.45, 7) is 11.9. The van der Waals surface area contributed by atoms with Gasteiger partial charge in [0.2, 0.25) is 0 Å². The average Bonchev–Trinajstić information content (AvgIpc) is 0.732. The first kappa shape index (κ1) is 65.6. The van der Waals surface area contributed by atoms with Gasteiger partial charge < -0.3 is 9.47 Å². The summed E-state index contributed by atoms with van der Waals surface area (Å²) in [6.07, 6.45) is 36.6. The van der Waals surface area contributed by atoms with Gasteiger partial charge >= 0.3 is 0 Å². The Kier molecular flexibility index (Phi) is 21.9. The van der Waals surface area contributed by atoms with Crippen molar-refractivity contribution in [3.63, 3.8) is 0 Å². The summed E-state index contributed by atoms with van der Waals surface area (Å²) in [5, 5.41) is 14.4. The Labute approximate surface area is 570 Å². The van der Waals surface area contributed by atoms with E-state index in [2.05, 4.69) is 289 Å². The highest BCUT2D eigenvalue weighted by Gasteiger charge is 2.20. The fraction of sp³-hybridized carbons (Fsp3) is 0.234. The highest BCUT2D eigenvalue weighted by atomic mass is 16.5. The van der Waals surface area contributed by atoms with Crippen LogP contribution >= 0.6 is 0 Å². The van der Waals surface area contributed by atoms with Crippen molar-refractivity contribution in [2.24, 2.45) is 0 Å². The van der Waals surface area contributed by atoms with Gasteiger partial charge in [0.05, 0.1) is 6.61 Å². The Morgan fingerprint density at radius 3 is 1.40 bits per heavy atom. The van der Waals surface area contributed by atoms with Crippen LogP contribution in [-0.4, -0.2) is 6.61 Å². The number of unbranched alkanes of at least 4 members (excludes halogenated alkanes) is 11. The van der Waals surface area contributed by atoms with E-state index < -0.39 is 0 Å². The molecular weight excluding hydrogens is 1160 g/mol. The van der Waals surface area contributed by atoms with E-state index in [4.69, 9.17) is 15.9 Å². The van der Waals surface area contributed by atoms with Gasteiger partial charge in [-0.1, -0.05) is 272 Å². The minimum atomic E-state index is 0.604. The van der Waals surface area contributed by atoms with E-state index in [-0.39, 0.29) is 0 Å². The molecule has 0 radical (unpaired) electrons. The number of hydrogen-bond acceptors (Lipinski definition) is 2. The number of benzene rings is 12. The van der Waals surface area contributed by atoms with Crippen LogP contribution < -0.4 is 9.47 Å². The smallest absolute Gasteiger partial charge is 0.140 e. The molecule has 12 aromatic rings. The molecule has 0 fully saturated rings. The van der Waals surface area contributed by atoms with Gasteiger partial charge in [-0.05, 0) is 244 Å². The number of aryl methyl sites for hydroxylation is 4. The van der Waals surface area contributed by atoms with E-state index in [9.17, 15) is 0 Å². The minimum Gasteiger partial charge on any atom is -0.494 e. The average molecular weight is 1250 g/mol. The molecule has 0 saturated carbocycles. The van der Waals surface area contributed by atoms with Gasteiger partial charge in [-0.3, -0.25) is 0 Å². The molecular formula is C94H86O2.